The molecule has 10 rings (SSSR count). The molecule has 0 fully saturated rings. The number of aromatic nitrogens is 1. The Morgan fingerprint density at radius 2 is 1.28 bits per heavy atom. The molecular formula is C43H24N2OS. The topological polar surface area (TPSA) is 41.9 Å². The fourth-order valence-corrected chi connectivity index (χ4v) is 8.61. The zero-order chi connectivity index (χ0) is 31.1. The van der Waals surface area contributed by atoms with E-state index in [-0.39, 0.29) is 0 Å². The summed E-state index contributed by atoms with van der Waals surface area (Å²) in [5.74, 6) is 0. The molecule has 0 unspecified atom stereocenters. The summed E-state index contributed by atoms with van der Waals surface area (Å²) < 4.78 is 11.7. The van der Waals surface area contributed by atoms with Crippen molar-refractivity contribution >= 4 is 75.3 Å². The Hall–Kier alpha value is -6.15. The fraction of sp³-hybridized carbons (Fsp3) is 0. The van der Waals surface area contributed by atoms with Crippen molar-refractivity contribution in [3.63, 3.8) is 0 Å². The lowest BCUT2D eigenvalue weighted by Gasteiger charge is -2.10. The molecule has 0 atom stereocenters. The van der Waals surface area contributed by atoms with Gasteiger partial charge in [-0.2, -0.15) is 5.26 Å². The van der Waals surface area contributed by atoms with Crippen molar-refractivity contribution in [1.82, 2.24) is 4.57 Å². The van der Waals surface area contributed by atoms with Crippen molar-refractivity contribution in [3.8, 4) is 34.0 Å². The Labute approximate surface area is 273 Å². The molecule has 0 N–H and O–H groups in total. The molecule has 0 aliphatic carbocycles. The number of hydrogen-bond donors (Lipinski definition) is 0. The van der Waals surface area contributed by atoms with Gasteiger partial charge in [0.15, 0.2) is 11.2 Å². The second-order valence-corrected chi connectivity index (χ2v) is 13.0. The number of thiophene rings is 1. The van der Waals surface area contributed by atoms with Crippen molar-refractivity contribution < 1.29 is 4.42 Å². The van der Waals surface area contributed by atoms with Gasteiger partial charge in [-0.3, -0.25) is 0 Å². The summed E-state index contributed by atoms with van der Waals surface area (Å²) in [6, 6.07) is 53.6. The van der Waals surface area contributed by atoms with Gasteiger partial charge < -0.3 is 8.98 Å². The van der Waals surface area contributed by atoms with E-state index in [1.165, 1.54) is 36.5 Å². The Balaban J connectivity index is 1.30. The van der Waals surface area contributed by atoms with Crippen LogP contribution in [0.4, 0.5) is 0 Å². The number of para-hydroxylation sites is 2. The van der Waals surface area contributed by atoms with Gasteiger partial charge in [0, 0.05) is 47.3 Å². The van der Waals surface area contributed by atoms with Crippen LogP contribution < -0.4 is 0 Å². The number of rotatable bonds is 3. The summed E-state index contributed by atoms with van der Waals surface area (Å²) in [6.45, 7) is 0. The van der Waals surface area contributed by atoms with Crippen LogP contribution in [0.25, 0.3) is 91.9 Å². The van der Waals surface area contributed by atoms with E-state index in [1.807, 2.05) is 23.5 Å². The maximum Gasteiger partial charge on any atom is 0.159 e. The van der Waals surface area contributed by atoms with Crippen molar-refractivity contribution in [2.24, 2.45) is 0 Å². The molecule has 0 aliphatic heterocycles. The van der Waals surface area contributed by atoms with Gasteiger partial charge in [-0.1, -0.05) is 115 Å². The van der Waals surface area contributed by atoms with Gasteiger partial charge in [0.1, 0.15) is 6.07 Å². The minimum atomic E-state index is 0.531. The van der Waals surface area contributed by atoms with E-state index in [2.05, 4.69) is 144 Å². The van der Waals surface area contributed by atoms with E-state index >= 15 is 0 Å². The van der Waals surface area contributed by atoms with Gasteiger partial charge in [-0.15, -0.1) is 11.3 Å². The molecule has 0 spiro atoms. The molecule has 10 aromatic rings. The highest BCUT2D eigenvalue weighted by atomic mass is 32.1. The van der Waals surface area contributed by atoms with Crippen LogP contribution in [0.1, 0.15) is 5.56 Å². The zero-order valence-electron chi connectivity index (χ0n) is 25.1. The van der Waals surface area contributed by atoms with Crippen LogP contribution in [0.5, 0.6) is 0 Å². The van der Waals surface area contributed by atoms with E-state index in [1.54, 1.807) is 0 Å². The smallest absolute Gasteiger partial charge is 0.159 e. The second-order valence-electron chi connectivity index (χ2n) is 12.0. The van der Waals surface area contributed by atoms with E-state index in [4.69, 9.17) is 4.42 Å². The highest BCUT2D eigenvalue weighted by molar-refractivity contribution is 7.26. The minimum absolute atomic E-state index is 0.531. The monoisotopic (exact) mass is 616 g/mol. The summed E-state index contributed by atoms with van der Waals surface area (Å²) in [4.78, 5) is 0. The van der Waals surface area contributed by atoms with Gasteiger partial charge in [0.05, 0.1) is 22.3 Å². The van der Waals surface area contributed by atoms with Crippen LogP contribution in [-0.2, 0) is 0 Å². The first-order valence-electron chi connectivity index (χ1n) is 15.7. The summed E-state index contributed by atoms with van der Waals surface area (Å²) in [5.41, 5.74) is 9.63. The molecule has 3 nitrogen and oxygen atoms in total. The average Bonchev–Trinajstić information content (AvgIpc) is 3.81. The number of hydrogen-bond acceptors (Lipinski definition) is 3. The normalized spacial score (nSPS) is 11.8. The Bertz CT molecular complexity index is 2920. The number of nitriles is 1. The molecule has 218 valence electrons. The predicted molar refractivity (Wildman–Crippen MR) is 197 cm³/mol. The molecule has 0 aliphatic rings. The third-order valence-corrected chi connectivity index (χ3v) is 10.7. The lowest BCUT2D eigenvalue weighted by molar-refractivity contribution is 0.665. The number of benzene rings is 7. The summed E-state index contributed by atoms with van der Waals surface area (Å²) >= 11 is 1.81. The van der Waals surface area contributed by atoms with Gasteiger partial charge in [-0.05, 0) is 47.0 Å². The summed E-state index contributed by atoms with van der Waals surface area (Å²) in [6.07, 6.45) is 0. The molecule has 47 heavy (non-hydrogen) atoms. The maximum absolute atomic E-state index is 10.3. The first-order chi connectivity index (χ1) is 23.3. The molecule has 4 heteroatoms. The Morgan fingerprint density at radius 1 is 0.532 bits per heavy atom. The Morgan fingerprint density at radius 3 is 2.17 bits per heavy atom. The van der Waals surface area contributed by atoms with Crippen molar-refractivity contribution in [1.29, 1.82) is 5.26 Å². The van der Waals surface area contributed by atoms with Gasteiger partial charge >= 0.3 is 0 Å². The van der Waals surface area contributed by atoms with Crippen LogP contribution in [0.2, 0.25) is 0 Å². The molecule has 0 saturated carbocycles. The van der Waals surface area contributed by atoms with E-state index in [9.17, 15) is 5.26 Å². The molecule has 0 saturated heterocycles. The van der Waals surface area contributed by atoms with Gasteiger partial charge in [0.2, 0.25) is 0 Å². The SMILES string of the molecule is N#Cc1ccc(-c2cccc3c2sc2ccccc23)c2c1oc1c(-n3c4ccccc4c4ccc(-c5ccccc5)cc43)cccc12. The van der Waals surface area contributed by atoms with Crippen molar-refractivity contribution in [2.75, 3.05) is 0 Å². The lowest BCUT2D eigenvalue weighted by atomic mass is 9.96. The molecule has 0 bridgehead atoms. The fourth-order valence-electron chi connectivity index (χ4n) is 7.38. The molecule has 0 amide bonds. The Kier molecular flexibility index (Phi) is 5.51. The quantitative estimate of drug-likeness (QED) is 0.198. The standard InChI is InChI=1S/C43H24N2OS/c44-25-28-21-23-32(34-15-8-14-33-31-13-5-7-19-39(31)47-43(33)34)40-35-16-9-18-37(42(35)46-41(28)40)45-36-17-6-4-12-29(36)30-22-20-27(24-38(30)45)26-10-2-1-3-11-26/h1-24H. The number of fused-ring (bicyclic) bond motifs is 9. The number of nitrogens with zero attached hydrogens (tertiary/aromatic N) is 2. The van der Waals surface area contributed by atoms with E-state index in [0.717, 1.165) is 49.8 Å². The van der Waals surface area contributed by atoms with Crippen LogP contribution in [0, 0.1) is 11.3 Å². The average molecular weight is 617 g/mol. The van der Waals surface area contributed by atoms with Crippen LogP contribution >= 0.6 is 11.3 Å². The van der Waals surface area contributed by atoms with Crippen molar-refractivity contribution in [3.05, 3.63) is 151 Å². The first kappa shape index (κ1) is 26.1. The van der Waals surface area contributed by atoms with E-state index < -0.39 is 0 Å². The molecular weight excluding hydrogens is 593 g/mol. The third-order valence-electron chi connectivity index (χ3n) is 9.46. The highest BCUT2D eigenvalue weighted by Gasteiger charge is 2.22. The van der Waals surface area contributed by atoms with Gasteiger partial charge in [0.25, 0.3) is 0 Å². The zero-order valence-corrected chi connectivity index (χ0v) is 25.9. The van der Waals surface area contributed by atoms with Crippen molar-refractivity contribution in [2.45, 2.75) is 0 Å². The minimum Gasteiger partial charge on any atom is -0.452 e. The first-order valence-corrected chi connectivity index (χ1v) is 16.5. The maximum atomic E-state index is 10.3. The third kappa shape index (κ3) is 3.72. The summed E-state index contributed by atoms with van der Waals surface area (Å²) in [7, 11) is 0. The lowest BCUT2D eigenvalue weighted by Crippen LogP contribution is -1.94. The van der Waals surface area contributed by atoms with E-state index in [0.29, 0.717) is 11.1 Å². The molecule has 3 heterocycles. The van der Waals surface area contributed by atoms with Crippen LogP contribution in [-0.4, -0.2) is 4.57 Å². The van der Waals surface area contributed by atoms with Gasteiger partial charge in [-0.25, -0.2) is 0 Å². The predicted octanol–water partition coefficient (Wildman–Crippen LogP) is 12.3. The second kappa shape index (κ2) is 9.92. The van der Waals surface area contributed by atoms with Crippen LogP contribution in [0.3, 0.4) is 0 Å². The highest BCUT2D eigenvalue weighted by Crippen LogP contribution is 2.46. The largest absolute Gasteiger partial charge is 0.452 e. The number of furan rings is 1. The molecule has 3 aromatic heterocycles. The van der Waals surface area contributed by atoms with Crippen LogP contribution in [0.15, 0.2) is 150 Å². The summed E-state index contributed by atoms with van der Waals surface area (Å²) in [5, 5.41) is 17.1. The molecule has 7 aromatic carbocycles. The molecule has 0 radical (unpaired) electrons.